The number of hydrogen-bond donors (Lipinski definition) is 1. The van der Waals surface area contributed by atoms with Gasteiger partial charge in [0.05, 0.1) is 0 Å². The van der Waals surface area contributed by atoms with Crippen LogP contribution in [0.1, 0.15) is 41.9 Å². The standard InChI is InChI=1S/C15H18ClNS/c1-10-8-9-18-15(10)12(3)17-11(2)13-6-4-5-7-14(13)16/h4-9,11-12,17H,1-3H3/t11-,12?/m0/s1. The van der Waals surface area contributed by atoms with Gasteiger partial charge in [0.15, 0.2) is 0 Å². The van der Waals surface area contributed by atoms with E-state index in [9.17, 15) is 0 Å². The van der Waals surface area contributed by atoms with E-state index in [-0.39, 0.29) is 6.04 Å². The van der Waals surface area contributed by atoms with Crippen LogP contribution in [0, 0.1) is 6.92 Å². The van der Waals surface area contributed by atoms with Crippen LogP contribution in [0.4, 0.5) is 0 Å². The molecule has 0 radical (unpaired) electrons. The Morgan fingerprint density at radius 2 is 1.83 bits per heavy atom. The fourth-order valence-electron chi connectivity index (χ4n) is 2.19. The third kappa shape index (κ3) is 2.94. The average molecular weight is 280 g/mol. The zero-order chi connectivity index (χ0) is 13.1. The van der Waals surface area contributed by atoms with Crippen molar-refractivity contribution in [3.8, 4) is 0 Å². The molecule has 1 aromatic carbocycles. The third-order valence-electron chi connectivity index (χ3n) is 3.17. The van der Waals surface area contributed by atoms with Crippen LogP contribution in [0.2, 0.25) is 5.02 Å². The number of halogens is 1. The molecule has 96 valence electrons. The second-order valence-corrected chi connectivity index (χ2v) is 5.95. The van der Waals surface area contributed by atoms with Gasteiger partial charge in [0, 0.05) is 22.0 Å². The Morgan fingerprint density at radius 3 is 2.44 bits per heavy atom. The van der Waals surface area contributed by atoms with Crippen LogP contribution in [-0.2, 0) is 0 Å². The Labute approximate surface area is 118 Å². The minimum atomic E-state index is 0.246. The highest BCUT2D eigenvalue weighted by atomic mass is 35.5. The lowest BCUT2D eigenvalue weighted by Gasteiger charge is -2.21. The monoisotopic (exact) mass is 279 g/mol. The van der Waals surface area contributed by atoms with Gasteiger partial charge >= 0.3 is 0 Å². The second kappa shape index (κ2) is 5.87. The van der Waals surface area contributed by atoms with Crippen molar-refractivity contribution in [3.63, 3.8) is 0 Å². The first kappa shape index (κ1) is 13.6. The zero-order valence-corrected chi connectivity index (χ0v) is 12.5. The summed E-state index contributed by atoms with van der Waals surface area (Å²) in [5, 5.41) is 6.57. The minimum absolute atomic E-state index is 0.246. The fourth-order valence-corrected chi connectivity index (χ4v) is 3.44. The van der Waals surface area contributed by atoms with Crippen molar-refractivity contribution in [2.24, 2.45) is 0 Å². The van der Waals surface area contributed by atoms with Crippen molar-refractivity contribution in [1.82, 2.24) is 5.32 Å². The van der Waals surface area contributed by atoms with E-state index in [4.69, 9.17) is 11.6 Å². The van der Waals surface area contributed by atoms with Crippen LogP contribution in [-0.4, -0.2) is 0 Å². The van der Waals surface area contributed by atoms with Gasteiger partial charge in [-0.05, 0) is 49.4 Å². The predicted molar refractivity (Wildman–Crippen MR) is 80.5 cm³/mol. The van der Waals surface area contributed by atoms with E-state index < -0.39 is 0 Å². The summed E-state index contributed by atoms with van der Waals surface area (Å²) in [6.07, 6.45) is 0. The third-order valence-corrected chi connectivity index (χ3v) is 4.71. The van der Waals surface area contributed by atoms with Crippen molar-refractivity contribution in [2.75, 3.05) is 0 Å². The highest BCUT2D eigenvalue weighted by Crippen LogP contribution is 2.28. The lowest BCUT2D eigenvalue weighted by molar-refractivity contribution is 0.499. The summed E-state index contributed by atoms with van der Waals surface area (Å²) in [4.78, 5) is 1.40. The average Bonchev–Trinajstić information content (AvgIpc) is 2.76. The number of benzene rings is 1. The van der Waals surface area contributed by atoms with Gasteiger partial charge in [0.2, 0.25) is 0 Å². The normalized spacial score (nSPS) is 14.4. The van der Waals surface area contributed by atoms with E-state index in [0.717, 1.165) is 10.6 Å². The number of hydrogen-bond acceptors (Lipinski definition) is 2. The Morgan fingerprint density at radius 1 is 1.11 bits per heavy atom. The second-order valence-electron chi connectivity index (χ2n) is 4.60. The summed E-state index contributed by atoms with van der Waals surface area (Å²) in [6, 6.07) is 10.8. The molecule has 0 spiro atoms. The van der Waals surface area contributed by atoms with Gasteiger partial charge in [-0.1, -0.05) is 29.8 Å². The van der Waals surface area contributed by atoms with Gasteiger partial charge in [0.1, 0.15) is 0 Å². The van der Waals surface area contributed by atoms with Crippen molar-refractivity contribution in [2.45, 2.75) is 32.9 Å². The summed E-state index contributed by atoms with van der Waals surface area (Å²) in [7, 11) is 0. The van der Waals surface area contributed by atoms with Gasteiger partial charge in [-0.25, -0.2) is 0 Å². The van der Waals surface area contributed by atoms with Crippen molar-refractivity contribution in [3.05, 3.63) is 56.7 Å². The maximum absolute atomic E-state index is 6.22. The number of rotatable bonds is 4. The highest BCUT2D eigenvalue weighted by molar-refractivity contribution is 7.10. The van der Waals surface area contributed by atoms with Crippen LogP contribution in [0.25, 0.3) is 0 Å². The SMILES string of the molecule is Cc1ccsc1C(C)N[C@@H](C)c1ccccc1Cl. The summed E-state index contributed by atoms with van der Waals surface area (Å²) in [5.74, 6) is 0. The van der Waals surface area contributed by atoms with Crippen molar-refractivity contribution < 1.29 is 0 Å². The zero-order valence-electron chi connectivity index (χ0n) is 10.9. The molecular weight excluding hydrogens is 262 g/mol. The van der Waals surface area contributed by atoms with Crippen LogP contribution < -0.4 is 5.32 Å². The molecule has 0 amide bonds. The topological polar surface area (TPSA) is 12.0 Å². The van der Waals surface area contributed by atoms with Gasteiger partial charge < -0.3 is 5.32 Å². The quantitative estimate of drug-likeness (QED) is 0.819. The molecule has 0 saturated carbocycles. The molecular formula is C15H18ClNS. The van der Waals surface area contributed by atoms with Gasteiger partial charge in [-0.15, -0.1) is 11.3 Å². The van der Waals surface area contributed by atoms with E-state index in [0.29, 0.717) is 6.04 Å². The molecule has 2 atom stereocenters. The highest BCUT2D eigenvalue weighted by Gasteiger charge is 2.15. The number of aryl methyl sites for hydroxylation is 1. The molecule has 2 rings (SSSR count). The van der Waals surface area contributed by atoms with Crippen LogP contribution in [0.3, 0.4) is 0 Å². The van der Waals surface area contributed by atoms with Crippen LogP contribution >= 0.6 is 22.9 Å². The van der Waals surface area contributed by atoms with E-state index in [1.54, 1.807) is 11.3 Å². The molecule has 1 heterocycles. The van der Waals surface area contributed by atoms with Gasteiger partial charge in [0.25, 0.3) is 0 Å². The van der Waals surface area contributed by atoms with Crippen LogP contribution in [0.5, 0.6) is 0 Å². The molecule has 1 nitrogen and oxygen atoms in total. The smallest absolute Gasteiger partial charge is 0.0453 e. The molecule has 0 fully saturated rings. The Kier molecular flexibility index (Phi) is 4.44. The summed E-state index contributed by atoms with van der Waals surface area (Å²) in [6.45, 7) is 6.51. The van der Waals surface area contributed by atoms with E-state index in [1.807, 2.05) is 18.2 Å². The molecule has 0 bridgehead atoms. The molecule has 2 aromatic rings. The van der Waals surface area contributed by atoms with Crippen molar-refractivity contribution >= 4 is 22.9 Å². The molecule has 18 heavy (non-hydrogen) atoms. The van der Waals surface area contributed by atoms with E-state index in [1.165, 1.54) is 10.4 Å². The summed E-state index contributed by atoms with van der Waals surface area (Å²) in [5.41, 5.74) is 2.51. The molecule has 1 aromatic heterocycles. The lowest BCUT2D eigenvalue weighted by atomic mass is 10.1. The molecule has 0 saturated heterocycles. The molecule has 3 heteroatoms. The van der Waals surface area contributed by atoms with E-state index in [2.05, 4.69) is 43.6 Å². The Hall–Kier alpha value is -0.830. The number of thiophene rings is 1. The molecule has 1 unspecified atom stereocenters. The molecule has 1 N–H and O–H groups in total. The summed E-state index contributed by atoms with van der Waals surface area (Å²) >= 11 is 8.02. The fraction of sp³-hybridized carbons (Fsp3) is 0.333. The lowest BCUT2D eigenvalue weighted by Crippen LogP contribution is -2.22. The molecule has 0 aliphatic rings. The predicted octanol–water partition coefficient (Wildman–Crippen LogP) is 5.12. The molecule has 0 aliphatic carbocycles. The number of nitrogens with one attached hydrogen (secondary N) is 1. The van der Waals surface area contributed by atoms with Gasteiger partial charge in [-0.2, -0.15) is 0 Å². The van der Waals surface area contributed by atoms with Crippen LogP contribution in [0.15, 0.2) is 35.7 Å². The first-order valence-electron chi connectivity index (χ1n) is 6.14. The maximum atomic E-state index is 6.22. The Balaban J connectivity index is 2.11. The van der Waals surface area contributed by atoms with Crippen molar-refractivity contribution in [1.29, 1.82) is 0 Å². The largest absolute Gasteiger partial charge is 0.303 e. The maximum Gasteiger partial charge on any atom is 0.0453 e. The first-order chi connectivity index (χ1) is 8.59. The Bertz CT molecular complexity index is 521. The summed E-state index contributed by atoms with van der Waals surface area (Å²) < 4.78 is 0. The van der Waals surface area contributed by atoms with Gasteiger partial charge in [-0.3, -0.25) is 0 Å². The first-order valence-corrected chi connectivity index (χ1v) is 7.40. The molecule has 0 aliphatic heterocycles. The van der Waals surface area contributed by atoms with E-state index >= 15 is 0 Å². The minimum Gasteiger partial charge on any atom is -0.303 e.